The fourth-order valence-electron chi connectivity index (χ4n) is 2.46. The molecule has 1 unspecified atom stereocenters. The Balaban J connectivity index is 1.93. The molecular formula is C17H18N4. The number of nitrogens with zero attached hydrogens (tertiary/aromatic N) is 2. The van der Waals surface area contributed by atoms with Gasteiger partial charge in [0.15, 0.2) is 0 Å². The molecule has 3 rings (SSSR count). The Morgan fingerprint density at radius 2 is 2.00 bits per heavy atom. The van der Waals surface area contributed by atoms with Crippen molar-refractivity contribution in [3.05, 3.63) is 66.1 Å². The molecule has 2 aromatic heterocycles. The molecule has 0 radical (unpaired) electrons. The smallest absolute Gasteiger partial charge is 0.0706 e. The zero-order valence-corrected chi connectivity index (χ0v) is 12.0. The molecule has 0 aliphatic carbocycles. The quantitative estimate of drug-likeness (QED) is 0.770. The molecule has 0 aliphatic rings. The summed E-state index contributed by atoms with van der Waals surface area (Å²) in [5.74, 6) is 0. The van der Waals surface area contributed by atoms with Gasteiger partial charge in [-0.15, -0.1) is 0 Å². The van der Waals surface area contributed by atoms with Gasteiger partial charge in [-0.2, -0.15) is 0 Å². The van der Waals surface area contributed by atoms with Gasteiger partial charge in [0.2, 0.25) is 0 Å². The van der Waals surface area contributed by atoms with Crippen molar-refractivity contribution in [2.45, 2.75) is 12.5 Å². The van der Waals surface area contributed by atoms with Crippen molar-refractivity contribution < 1.29 is 0 Å². The third kappa shape index (κ3) is 2.85. The summed E-state index contributed by atoms with van der Waals surface area (Å²) in [4.78, 5) is 8.90. The summed E-state index contributed by atoms with van der Waals surface area (Å²) in [5.41, 5.74) is 9.83. The lowest BCUT2D eigenvalue weighted by molar-refractivity contribution is 0.578. The Labute approximate surface area is 124 Å². The van der Waals surface area contributed by atoms with Gasteiger partial charge in [-0.05, 0) is 37.2 Å². The molecule has 0 amide bonds. The highest BCUT2D eigenvalue weighted by molar-refractivity contribution is 5.78. The van der Waals surface area contributed by atoms with Gasteiger partial charge in [0.1, 0.15) is 0 Å². The van der Waals surface area contributed by atoms with E-state index in [-0.39, 0.29) is 6.04 Å². The van der Waals surface area contributed by atoms with E-state index >= 15 is 0 Å². The highest BCUT2D eigenvalue weighted by Gasteiger charge is 2.13. The first-order valence-electron chi connectivity index (χ1n) is 6.99. The second-order valence-corrected chi connectivity index (χ2v) is 5.05. The lowest BCUT2D eigenvalue weighted by Gasteiger charge is -2.17. The molecule has 4 heteroatoms. The third-order valence-corrected chi connectivity index (χ3v) is 3.69. The molecule has 0 spiro atoms. The Morgan fingerprint density at radius 1 is 1.14 bits per heavy atom. The molecule has 1 atom stereocenters. The van der Waals surface area contributed by atoms with Gasteiger partial charge in [0, 0.05) is 23.5 Å². The predicted molar refractivity (Wildman–Crippen MR) is 85.9 cm³/mol. The Bertz CT molecular complexity index is 754. The number of hydrogen-bond acceptors (Lipinski definition) is 4. The molecular weight excluding hydrogens is 260 g/mol. The SMILES string of the molecule is CNC(Cc1cnccc1N)c1ccc2ccccc2n1. The zero-order valence-electron chi connectivity index (χ0n) is 12.0. The molecule has 106 valence electrons. The molecule has 0 fully saturated rings. The summed E-state index contributed by atoms with van der Waals surface area (Å²) >= 11 is 0. The standard InChI is InChI=1S/C17H18N4/c1-19-17(10-13-11-20-9-8-14(13)18)16-7-6-12-4-2-3-5-15(12)21-16/h2-9,11,17,19H,10H2,1H3,(H2,18,20). The average Bonchev–Trinajstić information content (AvgIpc) is 2.54. The van der Waals surface area contributed by atoms with E-state index in [0.29, 0.717) is 0 Å². The third-order valence-electron chi connectivity index (χ3n) is 3.69. The van der Waals surface area contributed by atoms with Crippen LogP contribution < -0.4 is 11.1 Å². The Morgan fingerprint density at radius 3 is 2.81 bits per heavy atom. The summed E-state index contributed by atoms with van der Waals surface area (Å²) in [6.45, 7) is 0. The molecule has 4 nitrogen and oxygen atoms in total. The summed E-state index contributed by atoms with van der Waals surface area (Å²) in [6, 6.07) is 14.2. The van der Waals surface area contributed by atoms with Crippen LogP contribution in [-0.4, -0.2) is 17.0 Å². The van der Waals surface area contributed by atoms with Gasteiger partial charge in [-0.1, -0.05) is 24.3 Å². The van der Waals surface area contributed by atoms with Crippen LogP contribution in [0.25, 0.3) is 10.9 Å². The van der Waals surface area contributed by atoms with Gasteiger partial charge >= 0.3 is 0 Å². The number of nitrogens with one attached hydrogen (secondary N) is 1. The number of aromatic nitrogens is 2. The van der Waals surface area contributed by atoms with E-state index in [4.69, 9.17) is 10.7 Å². The first-order valence-corrected chi connectivity index (χ1v) is 6.99. The van der Waals surface area contributed by atoms with Crippen LogP contribution in [0, 0.1) is 0 Å². The molecule has 2 heterocycles. The van der Waals surface area contributed by atoms with Crippen LogP contribution in [0.15, 0.2) is 54.9 Å². The molecule has 0 saturated carbocycles. The number of anilines is 1. The Hall–Kier alpha value is -2.46. The van der Waals surface area contributed by atoms with Crippen molar-refractivity contribution in [3.8, 4) is 0 Å². The van der Waals surface area contributed by atoms with E-state index in [0.717, 1.165) is 34.3 Å². The number of nitrogens with two attached hydrogens (primary N) is 1. The van der Waals surface area contributed by atoms with E-state index < -0.39 is 0 Å². The van der Waals surface area contributed by atoms with Crippen molar-refractivity contribution in [2.24, 2.45) is 0 Å². The van der Waals surface area contributed by atoms with Crippen LogP contribution in [0.1, 0.15) is 17.3 Å². The highest BCUT2D eigenvalue weighted by atomic mass is 14.9. The minimum absolute atomic E-state index is 0.112. The summed E-state index contributed by atoms with van der Waals surface area (Å²) in [6.07, 6.45) is 4.30. The van der Waals surface area contributed by atoms with Gasteiger partial charge in [0.05, 0.1) is 17.3 Å². The molecule has 3 aromatic rings. The zero-order chi connectivity index (χ0) is 14.7. The van der Waals surface area contributed by atoms with Gasteiger partial charge in [0.25, 0.3) is 0 Å². The molecule has 21 heavy (non-hydrogen) atoms. The number of nitrogen functional groups attached to an aromatic ring is 1. The number of para-hydroxylation sites is 1. The maximum Gasteiger partial charge on any atom is 0.0706 e. The number of benzene rings is 1. The van der Waals surface area contributed by atoms with E-state index in [1.165, 1.54) is 0 Å². The lowest BCUT2D eigenvalue weighted by atomic mass is 10.0. The fraction of sp³-hybridized carbons (Fsp3) is 0.176. The monoisotopic (exact) mass is 278 g/mol. The van der Waals surface area contributed by atoms with Crippen LogP contribution in [0.5, 0.6) is 0 Å². The molecule has 1 aromatic carbocycles. The Kier molecular flexibility index (Phi) is 3.79. The second kappa shape index (κ2) is 5.89. The summed E-state index contributed by atoms with van der Waals surface area (Å²) < 4.78 is 0. The van der Waals surface area contributed by atoms with Crippen LogP contribution in [-0.2, 0) is 6.42 Å². The number of likely N-dealkylation sites (N-methyl/N-ethyl adjacent to an activating group) is 1. The van der Waals surface area contributed by atoms with E-state index in [1.54, 1.807) is 6.20 Å². The van der Waals surface area contributed by atoms with Crippen LogP contribution >= 0.6 is 0 Å². The molecule has 3 N–H and O–H groups in total. The number of rotatable bonds is 4. The van der Waals surface area contributed by atoms with Crippen molar-refractivity contribution in [3.63, 3.8) is 0 Å². The summed E-state index contributed by atoms with van der Waals surface area (Å²) in [7, 11) is 1.94. The highest BCUT2D eigenvalue weighted by Crippen LogP contribution is 2.22. The first kappa shape index (κ1) is 13.5. The number of fused-ring (bicyclic) bond motifs is 1. The minimum atomic E-state index is 0.112. The van der Waals surface area contributed by atoms with Crippen LogP contribution in [0.2, 0.25) is 0 Å². The maximum absolute atomic E-state index is 6.00. The fourth-order valence-corrected chi connectivity index (χ4v) is 2.46. The average molecular weight is 278 g/mol. The van der Waals surface area contributed by atoms with Crippen molar-refractivity contribution in [2.75, 3.05) is 12.8 Å². The van der Waals surface area contributed by atoms with Crippen LogP contribution in [0.4, 0.5) is 5.69 Å². The molecule has 0 bridgehead atoms. The van der Waals surface area contributed by atoms with E-state index in [2.05, 4.69) is 28.5 Å². The first-order chi connectivity index (χ1) is 10.3. The normalized spacial score (nSPS) is 12.4. The van der Waals surface area contributed by atoms with E-state index in [1.807, 2.05) is 37.5 Å². The molecule has 0 saturated heterocycles. The lowest BCUT2D eigenvalue weighted by Crippen LogP contribution is -2.20. The maximum atomic E-state index is 6.00. The largest absolute Gasteiger partial charge is 0.398 e. The van der Waals surface area contributed by atoms with Gasteiger partial charge in [-0.25, -0.2) is 0 Å². The van der Waals surface area contributed by atoms with Crippen LogP contribution in [0.3, 0.4) is 0 Å². The summed E-state index contributed by atoms with van der Waals surface area (Å²) in [5, 5.41) is 4.46. The number of pyridine rings is 2. The second-order valence-electron chi connectivity index (χ2n) is 5.05. The number of hydrogen-bond donors (Lipinski definition) is 2. The van der Waals surface area contributed by atoms with Gasteiger partial charge in [-0.3, -0.25) is 9.97 Å². The topological polar surface area (TPSA) is 63.8 Å². The van der Waals surface area contributed by atoms with E-state index in [9.17, 15) is 0 Å². The predicted octanol–water partition coefficient (Wildman–Crippen LogP) is 2.72. The van der Waals surface area contributed by atoms with Gasteiger partial charge < -0.3 is 11.1 Å². The van der Waals surface area contributed by atoms with Crippen molar-refractivity contribution in [1.29, 1.82) is 0 Å². The molecule has 0 aliphatic heterocycles. The van der Waals surface area contributed by atoms with Crippen molar-refractivity contribution in [1.82, 2.24) is 15.3 Å². The van der Waals surface area contributed by atoms with Crippen molar-refractivity contribution >= 4 is 16.6 Å². The minimum Gasteiger partial charge on any atom is -0.398 e.